The van der Waals surface area contributed by atoms with E-state index >= 15 is 0 Å². The van der Waals surface area contributed by atoms with E-state index in [4.69, 9.17) is 17.3 Å². The maximum absolute atomic E-state index is 12.8. The first kappa shape index (κ1) is 18.5. The molecule has 0 saturated carbocycles. The fourth-order valence-electron chi connectivity index (χ4n) is 2.95. The van der Waals surface area contributed by atoms with E-state index in [9.17, 15) is 4.79 Å². The maximum atomic E-state index is 12.8. The number of hydrogen-bond donors (Lipinski definition) is 2. The molecule has 2 heterocycles. The lowest BCUT2D eigenvalue weighted by Gasteiger charge is -2.07. The fraction of sp³-hybridized carbons (Fsp3) is 0.0909. The number of benzene rings is 2. The molecule has 2 aromatic carbocycles. The molecule has 0 bridgehead atoms. The standard InChI is InChI=1S/C22H18ClN3OS/c1-12-3-8-16(11-13(12)2)25-21(27)20-19(24)17-9-10-18(26-22(17)28-20)14-4-6-15(23)7-5-14/h3-11H,24H2,1-2H3,(H,25,27). The predicted molar refractivity (Wildman–Crippen MR) is 118 cm³/mol. The van der Waals surface area contributed by atoms with Gasteiger partial charge in [0.25, 0.3) is 5.91 Å². The van der Waals surface area contributed by atoms with Gasteiger partial charge in [-0.25, -0.2) is 4.98 Å². The molecule has 4 aromatic rings. The van der Waals surface area contributed by atoms with Crippen molar-refractivity contribution < 1.29 is 4.79 Å². The molecule has 0 aliphatic heterocycles. The van der Waals surface area contributed by atoms with Crippen LogP contribution in [0, 0.1) is 13.8 Å². The van der Waals surface area contributed by atoms with E-state index in [1.807, 2.05) is 68.4 Å². The Hall–Kier alpha value is -2.89. The van der Waals surface area contributed by atoms with Gasteiger partial charge in [0, 0.05) is 21.7 Å². The van der Waals surface area contributed by atoms with Crippen molar-refractivity contribution in [3.05, 3.63) is 75.6 Å². The highest BCUT2D eigenvalue weighted by molar-refractivity contribution is 7.21. The van der Waals surface area contributed by atoms with Crippen LogP contribution in [0.2, 0.25) is 5.02 Å². The number of rotatable bonds is 3. The molecule has 0 aliphatic rings. The number of hydrogen-bond acceptors (Lipinski definition) is 4. The number of aromatic nitrogens is 1. The normalized spacial score (nSPS) is 11.0. The van der Waals surface area contributed by atoms with Crippen LogP contribution in [0.4, 0.5) is 11.4 Å². The summed E-state index contributed by atoms with van der Waals surface area (Å²) < 4.78 is 0. The summed E-state index contributed by atoms with van der Waals surface area (Å²) in [6, 6.07) is 17.1. The van der Waals surface area contributed by atoms with Gasteiger partial charge in [0.15, 0.2) is 0 Å². The van der Waals surface area contributed by atoms with Gasteiger partial charge in [-0.15, -0.1) is 11.3 Å². The maximum Gasteiger partial charge on any atom is 0.267 e. The highest BCUT2D eigenvalue weighted by Crippen LogP contribution is 2.35. The number of anilines is 2. The summed E-state index contributed by atoms with van der Waals surface area (Å²) >= 11 is 7.26. The lowest BCUT2D eigenvalue weighted by Crippen LogP contribution is -2.12. The summed E-state index contributed by atoms with van der Waals surface area (Å²) in [7, 11) is 0. The van der Waals surface area contributed by atoms with Crippen LogP contribution in [0.5, 0.6) is 0 Å². The Bertz CT molecular complexity index is 1200. The van der Waals surface area contributed by atoms with Gasteiger partial charge in [-0.2, -0.15) is 0 Å². The molecule has 0 atom stereocenters. The minimum Gasteiger partial charge on any atom is -0.397 e. The molecule has 0 saturated heterocycles. The summed E-state index contributed by atoms with van der Waals surface area (Å²) in [4.78, 5) is 18.7. The molecule has 3 N–H and O–H groups in total. The number of nitrogens with two attached hydrogens (primary N) is 1. The Labute approximate surface area is 172 Å². The van der Waals surface area contributed by atoms with Gasteiger partial charge in [-0.3, -0.25) is 4.79 Å². The second-order valence-electron chi connectivity index (χ2n) is 6.65. The first-order valence-electron chi connectivity index (χ1n) is 8.76. The van der Waals surface area contributed by atoms with Crippen LogP contribution >= 0.6 is 22.9 Å². The molecule has 6 heteroatoms. The molecule has 28 heavy (non-hydrogen) atoms. The van der Waals surface area contributed by atoms with E-state index in [0.29, 0.717) is 15.6 Å². The molecule has 0 fully saturated rings. The number of pyridine rings is 1. The van der Waals surface area contributed by atoms with Crippen molar-refractivity contribution >= 4 is 50.4 Å². The van der Waals surface area contributed by atoms with E-state index in [1.165, 1.54) is 16.9 Å². The van der Waals surface area contributed by atoms with Gasteiger partial charge >= 0.3 is 0 Å². The summed E-state index contributed by atoms with van der Waals surface area (Å²) in [5.41, 5.74) is 11.5. The molecule has 140 valence electrons. The van der Waals surface area contributed by atoms with Crippen LogP contribution in [-0.2, 0) is 0 Å². The quantitative estimate of drug-likeness (QED) is 0.433. The minimum atomic E-state index is -0.225. The highest BCUT2D eigenvalue weighted by Gasteiger charge is 2.18. The molecule has 0 aliphatic carbocycles. The van der Waals surface area contributed by atoms with Crippen LogP contribution in [0.15, 0.2) is 54.6 Å². The second-order valence-corrected chi connectivity index (χ2v) is 8.09. The molecule has 1 amide bonds. The van der Waals surface area contributed by atoms with E-state index in [-0.39, 0.29) is 5.91 Å². The zero-order valence-electron chi connectivity index (χ0n) is 15.4. The number of aryl methyl sites for hydroxylation is 2. The number of carbonyl (C=O) groups is 1. The van der Waals surface area contributed by atoms with Crippen molar-refractivity contribution in [2.24, 2.45) is 0 Å². The molecular formula is C22H18ClN3OS. The summed E-state index contributed by atoms with van der Waals surface area (Å²) in [6.07, 6.45) is 0. The lowest BCUT2D eigenvalue weighted by atomic mass is 10.1. The largest absolute Gasteiger partial charge is 0.397 e. The van der Waals surface area contributed by atoms with E-state index in [0.717, 1.165) is 32.7 Å². The first-order chi connectivity index (χ1) is 13.4. The zero-order chi connectivity index (χ0) is 19.8. The predicted octanol–water partition coefficient (Wildman–Crippen LogP) is 6.07. The van der Waals surface area contributed by atoms with Crippen LogP contribution in [0.25, 0.3) is 21.5 Å². The minimum absolute atomic E-state index is 0.225. The SMILES string of the molecule is Cc1ccc(NC(=O)c2sc3nc(-c4ccc(Cl)cc4)ccc3c2N)cc1C. The van der Waals surface area contributed by atoms with Crippen LogP contribution in [-0.4, -0.2) is 10.9 Å². The molecule has 0 spiro atoms. The van der Waals surface area contributed by atoms with Gasteiger partial charge in [-0.1, -0.05) is 29.8 Å². The highest BCUT2D eigenvalue weighted by atomic mass is 35.5. The number of nitrogens with zero attached hydrogens (tertiary/aromatic N) is 1. The van der Waals surface area contributed by atoms with Crippen molar-refractivity contribution in [1.82, 2.24) is 4.98 Å². The summed E-state index contributed by atoms with van der Waals surface area (Å²) in [6.45, 7) is 4.05. The van der Waals surface area contributed by atoms with Gasteiger partial charge in [0.2, 0.25) is 0 Å². The third kappa shape index (κ3) is 3.46. The van der Waals surface area contributed by atoms with E-state index in [2.05, 4.69) is 10.3 Å². The Kier molecular flexibility index (Phi) is 4.79. The second kappa shape index (κ2) is 7.26. The molecule has 0 unspecified atom stereocenters. The van der Waals surface area contributed by atoms with Crippen molar-refractivity contribution in [1.29, 1.82) is 0 Å². The first-order valence-corrected chi connectivity index (χ1v) is 9.95. The number of thiophene rings is 1. The van der Waals surface area contributed by atoms with E-state index in [1.54, 1.807) is 0 Å². The van der Waals surface area contributed by atoms with Gasteiger partial charge < -0.3 is 11.1 Å². The average molecular weight is 408 g/mol. The Morgan fingerprint density at radius 2 is 1.79 bits per heavy atom. The zero-order valence-corrected chi connectivity index (χ0v) is 17.0. The molecule has 2 aromatic heterocycles. The molecular weight excluding hydrogens is 390 g/mol. The summed E-state index contributed by atoms with van der Waals surface area (Å²) in [5, 5.41) is 4.39. The van der Waals surface area contributed by atoms with Crippen molar-refractivity contribution in [2.45, 2.75) is 13.8 Å². The summed E-state index contributed by atoms with van der Waals surface area (Å²) in [5.74, 6) is -0.225. The van der Waals surface area contributed by atoms with Crippen molar-refractivity contribution in [3.8, 4) is 11.3 Å². The van der Waals surface area contributed by atoms with Crippen LogP contribution in [0.1, 0.15) is 20.8 Å². The molecule has 0 radical (unpaired) electrons. The van der Waals surface area contributed by atoms with Crippen molar-refractivity contribution in [2.75, 3.05) is 11.1 Å². The van der Waals surface area contributed by atoms with Crippen LogP contribution < -0.4 is 11.1 Å². The number of amides is 1. The lowest BCUT2D eigenvalue weighted by molar-refractivity contribution is 0.103. The van der Waals surface area contributed by atoms with Crippen LogP contribution in [0.3, 0.4) is 0 Å². The third-order valence-corrected chi connectivity index (χ3v) is 6.07. The number of carbonyl (C=O) groups excluding carboxylic acids is 1. The average Bonchev–Trinajstić information content (AvgIpc) is 3.01. The third-order valence-electron chi connectivity index (χ3n) is 4.70. The number of nitrogen functional groups attached to an aromatic ring is 1. The number of fused-ring (bicyclic) bond motifs is 1. The Balaban J connectivity index is 1.67. The number of nitrogens with one attached hydrogen (secondary N) is 1. The Morgan fingerprint density at radius 1 is 1.04 bits per heavy atom. The topological polar surface area (TPSA) is 68.0 Å². The molecule has 4 rings (SSSR count). The fourth-order valence-corrected chi connectivity index (χ4v) is 4.07. The number of halogens is 1. The smallest absolute Gasteiger partial charge is 0.267 e. The van der Waals surface area contributed by atoms with Crippen molar-refractivity contribution in [3.63, 3.8) is 0 Å². The van der Waals surface area contributed by atoms with Gasteiger partial charge in [-0.05, 0) is 61.4 Å². The Morgan fingerprint density at radius 3 is 2.50 bits per heavy atom. The van der Waals surface area contributed by atoms with E-state index < -0.39 is 0 Å². The van der Waals surface area contributed by atoms with Gasteiger partial charge in [0.05, 0.1) is 11.4 Å². The molecule has 4 nitrogen and oxygen atoms in total. The monoisotopic (exact) mass is 407 g/mol. The van der Waals surface area contributed by atoms with Gasteiger partial charge in [0.1, 0.15) is 9.71 Å².